The summed E-state index contributed by atoms with van der Waals surface area (Å²) in [6.07, 6.45) is 1.21. The van der Waals surface area contributed by atoms with Crippen LogP contribution in [0.2, 0.25) is 0 Å². The van der Waals surface area contributed by atoms with E-state index in [1.54, 1.807) is 42.3 Å². The molecule has 0 aromatic heterocycles. The van der Waals surface area contributed by atoms with Gasteiger partial charge in [0.05, 0.1) is 0 Å². The smallest absolute Gasteiger partial charge is 0.0125 e. The summed E-state index contributed by atoms with van der Waals surface area (Å²) >= 11 is 0. The molecule has 109 valence electrons. The Balaban J connectivity index is -0.0000000411. The van der Waals surface area contributed by atoms with Crippen molar-refractivity contribution in [2.24, 2.45) is 0 Å². The van der Waals surface area contributed by atoms with Gasteiger partial charge >= 0.3 is 0 Å². The normalized spacial score (nSPS) is 7.41. The molecular formula is C11H32N5Ta-3. The SMILES string of the molecule is CCCN(C)NC.C[N-]C.C[N-]C.C[N-]C.[Ta]. The fraction of sp³-hybridized carbons (Fsp3) is 1.00. The average molecular weight is 415 g/mol. The van der Waals surface area contributed by atoms with Crippen molar-refractivity contribution in [1.29, 1.82) is 0 Å². The van der Waals surface area contributed by atoms with Gasteiger partial charge in [-0.1, -0.05) is 6.92 Å². The van der Waals surface area contributed by atoms with Crippen molar-refractivity contribution in [2.45, 2.75) is 13.3 Å². The van der Waals surface area contributed by atoms with Crippen molar-refractivity contribution >= 4 is 0 Å². The summed E-state index contributed by atoms with van der Waals surface area (Å²) in [4.78, 5) is 0. The maximum atomic E-state index is 3.50. The Labute approximate surface area is 125 Å². The molecule has 0 aromatic rings. The van der Waals surface area contributed by atoms with E-state index in [9.17, 15) is 0 Å². The first kappa shape index (κ1) is 30.5. The van der Waals surface area contributed by atoms with Gasteiger partial charge in [0.1, 0.15) is 0 Å². The van der Waals surface area contributed by atoms with Gasteiger partial charge in [-0.05, 0) is 13.5 Å². The van der Waals surface area contributed by atoms with E-state index in [0.717, 1.165) is 6.54 Å². The largest absolute Gasteiger partial charge is 0.668 e. The van der Waals surface area contributed by atoms with Gasteiger partial charge in [-0.25, -0.2) is 5.01 Å². The molecule has 0 bridgehead atoms. The molecule has 0 aliphatic rings. The topological polar surface area (TPSA) is 57.6 Å². The molecule has 0 rings (SSSR count). The van der Waals surface area contributed by atoms with E-state index < -0.39 is 0 Å². The van der Waals surface area contributed by atoms with E-state index in [0.29, 0.717) is 0 Å². The molecule has 0 aliphatic heterocycles. The number of hydrogen-bond donors (Lipinski definition) is 1. The second-order valence-electron chi connectivity index (χ2n) is 2.99. The Morgan fingerprint density at radius 1 is 0.882 bits per heavy atom. The van der Waals surface area contributed by atoms with Gasteiger partial charge in [0.25, 0.3) is 0 Å². The summed E-state index contributed by atoms with van der Waals surface area (Å²) in [5.74, 6) is 0. The molecule has 0 atom stereocenters. The molecular weight excluding hydrogens is 383 g/mol. The standard InChI is InChI=1S/C5H14N2.3C2H6N.Ta/c1-4-5-7(3)6-2;3*1-3-2;/h6H,4-5H2,1-3H3;3*1-2H3;/q;3*-1;. The van der Waals surface area contributed by atoms with Gasteiger partial charge in [-0.2, -0.15) is 42.3 Å². The zero-order valence-corrected chi connectivity index (χ0v) is 16.4. The number of nitrogens with zero attached hydrogens (tertiary/aromatic N) is 4. The zero-order chi connectivity index (χ0) is 13.8. The van der Waals surface area contributed by atoms with Crippen LogP contribution in [-0.4, -0.2) is 67.9 Å². The van der Waals surface area contributed by atoms with E-state index in [1.165, 1.54) is 6.42 Å². The Bertz CT molecular complexity index is 72.1. The van der Waals surface area contributed by atoms with E-state index in [4.69, 9.17) is 0 Å². The summed E-state index contributed by atoms with van der Waals surface area (Å²) in [6, 6.07) is 0. The fourth-order valence-corrected chi connectivity index (χ4v) is 0.447. The molecule has 0 fully saturated rings. The van der Waals surface area contributed by atoms with Crippen molar-refractivity contribution in [3.8, 4) is 0 Å². The second kappa shape index (κ2) is 43.9. The summed E-state index contributed by atoms with van der Waals surface area (Å²) in [7, 11) is 14.5. The van der Waals surface area contributed by atoms with Gasteiger partial charge in [0, 0.05) is 36.0 Å². The summed E-state index contributed by atoms with van der Waals surface area (Å²) in [5.41, 5.74) is 3.00. The van der Waals surface area contributed by atoms with Crippen LogP contribution in [0.15, 0.2) is 0 Å². The Hall–Kier alpha value is 0.540. The van der Waals surface area contributed by atoms with E-state index >= 15 is 0 Å². The first-order chi connectivity index (χ1) is 7.55. The number of hydrazine groups is 1. The molecule has 6 heteroatoms. The van der Waals surface area contributed by atoms with E-state index in [2.05, 4.69) is 33.3 Å². The van der Waals surface area contributed by atoms with Crippen molar-refractivity contribution in [1.82, 2.24) is 10.4 Å². The summed E-state index contributed by atoms with van der Waals surface area (Å²) < 4.78 is 0. The molecule has 0 spiro atoms. The van der Waals surface area contributed by atoms with Crippen LogP contribution >= 0.6 is 0 Å². The Morgan fingerprint density at radius 2 is 1.12 bits per heavy atom. The monoisotopic (exact) mass is 415 g/mol. The van der Waals surface area contributed by atoms with Crippen LogP contribution in [0.4, 0.5) is 0 Å². The Morgan fingerprint density at radius 3 is 1.18 bits per heavy atom. The number of hydrogen-bond acceptors (Lipinski definition) is 2. The molecule has 0 aromatic carbocycles. The predicted octanol–water partition coefficient (Wildman–Crippen LogP) is 2.32. The first-order valence-electron chi connectivity index (χ1n) is 5.38. The average Bonchev–Trinajstić information content (AvgIpc) is 2.21. The quantitative estimate of drug-likeness (QED) is 0.720. The predicted molar refractivity (Wildman–Crippen MR) is 77.6 cm³/mol. The Kier molecular flexibility index (Phi) is 78.8. The van der Waals surface area contributed by atoms with Crippen molar-refractivity contribution in [3.05, 3.63) is 16.0 Å². The molecule has 0 saturated carbocycles. The van der Waals surface area contributed by atoms with Crippen molar-refractivity contribution in [2.75, 3.05) is 62.9 Å². The third-order valence-electron chi connectivity index (χ3n) is 0.941. The third-order valence-corrected chi connectivity index (χ3v) is 0.941. The number of nitrogens with one attached hydrogen (secondary N) is 1. The van der Waals surface area contributed by atoms with Crippen LogP contribution in [0.1, 0.15) is 13.3 Å². The summed E-state index contributed by atoms with van der Waals surface area (Å²) in [5, 5.41) is 12.6. The molecule has 0 heterocycles. The first-order valence-corrected chi connectivity index (χ1v) is 5.38. The fourth-order valence-electron chi connectivity index (χ4n) is 0.447. The van der Waals surface area contributed by atoms with Gasteiger partial charge in [0.2, 0.25) is 0 Å². The molecule has 0 saturated heterocycles. The molecule has 5 nitrogen and oxygen atoms in total. The molecule has 0 amide bonds. The van der Waals surface area contributed by atoms with Crippen LogP contribution in [0.3, 0.4) is 0 Å². The van der Waals surface area contributed by atoms with Crippen LogP contribution in [0.25, 0.3) is 16.0 Å². The van der Waals surface area contributed by atoms with Gasteiger partial charge in [-0.3, -0.25) is 5.43 Å². The molecule has 0 unspecified atom stereocenters. The van der Waals surface area contributed by atoms with Crippen LogP contribution < -0.4 is 5.43 Å². The number of rotatable bonds is 3. The van der Waals surface area contributed by atoms with E-state index in [-0.39, 0.29) is 22.4 Å². The molecule has 0 aliphatic carbocycles. The zero-order valence-electron chi connectivity index (χ0n) is 13.2. The second-order valence-corrected chi connectivity index (χ2v) is 2.99. The minimum absolute atomic E-state index is 0. The summed E-state index contributed by atoms with van der Waals surface area (Å²) in [6.45, 7) is 3.28. The maximum Gasteiger partial charge on any atom is 0.0125 e. The van der Waals surface area contributed by atoms with Crippen molar-refractivity contribution < 1.29 is 22.4 Å². The van der Waals surface area contributed by atoms with Crippen molar-refractivity contribution in [3.63, 3.8) is 0 Å². The van der Waals surface area contributed by atoms with Crippen LogP contribution in [0, 0.1) is 0 Å². The van der Waals surface area contributed by atoms with Crippen LogP contribution in [-0.2, 0) is 22.4 Å². The minimum atomic E-state index is 0. The van der Waals surface area contributed by atoms with Gasteiger partial charge in [0.15, 0.2) is 0 Å². The molecule has 1 N–H and O–H groups in total. The molecule has 1 radical (unpaired) electrons. The van der Waals surface area contributed by atoms with E-state index in [1.807, 2.05) is 14.1 Å². The van der Waals surface area contributed by atoms with Gasteiger partial charge in [-0.15, -0.1) is 0 Å². The molecule has 17 heavy (non-hydrogen) atoms. The van der Waals surface area contributed by atoms with Crippen LogP contribution in [0.5, 0.6) is 0 Å². The van der Waals surface area contributed by atoms with Gasteiger partial charge < -0.3 is 16.0 Å². The minimum Gasteiger partial charge on any atom is -0.668 e. The third kappa shape index (κ3) is 114. The maximum absolute atomic E-state index is 3.50.